The fourth-order valence-electron chi connectivity index (χ4n) is 2.62. The standard InChI is InChI=1S/C20H24N2O4/c23-13-11-21(15-17-7-3-1-4-8-17)19(25)20(26)22(12-14-24)16-18-9-5-2-6-10-18/h1-10,23-24H,11-16H2. The summed E-state index contributed by atoms with van der Waals surface area (Å²) in [7, 11) is 0. The Balaban J connectivity index is 2.11. The fraction of sp³-hybridized carbons (Fsp3) is 0.300. The van der Waals surface area contributed by atoms with Crippen molar-refractivity contribution < 1.29 is 19.8 Å². The number of aliphatic hydroxyl groups excluding tert-OH is 2. The van der Waals surface area contributed by atoms with Crippen LogP contribution in [0.5, 0.6) is 0 Å². The molecule has 2 aromatic rings. The molecule has 138 valence electrons. The van der Waals surface area contributed by atoms with E-state index in [1.54, 1.807) is 0 Å². The summed E-state index contributed by atoms with van der Waals surface area (Å²) in [4.78, 5) is 28.0. The Morgan fingerprint density at radius 3 is 1.31 bits per heavy atom. The molecule has 0 fully saturated rings. The van der Waals surface area contributed by atoms with Crippen LogP contribution in [-0.2, 0) is 22.7 Å². The molecule has 0 atom stereocenters. The summed E-state index contributed by atoms with van der Waals surface area (Å²) >= 11 is 0. The molecule has 2 rings (SSSR count). The van der Waals surface area contributed by atoms with Crippen LogP contribution in [0.15, 0.2) is 60.7 Å². The molecular weight excluding hydrogens is 332 g/mol. The highest BCUT2D eigenvalue weighted by molar-refractivity contribution is 6.34. The smallest absolute Gasteiger partial charge is 0.312 e. The predicted octanol–water partition coefficient (Wildman–Crippen LogP) is 1.03. The van der Waals surface area contributed by atoms with E-state index in [9.17, 15) is 19.8 Å². The van der Waals surface area contributed by atoms with Crippen LogP contribution in [-0.4, -0.2) is 58.1 Å². The van der Waals surface area contributed by atoms with Gasteiger partial charge in [0, 0.05) is 26.2 Å². The largest absolute Gasteiger partial charge is 0.395 e. The first-order valence-corrected chi connectivity index (χ1v) is 8.53. The number of aliphatic hydroxyl groups is 2. The maximum Gasteiger partial charge on any atom is 0.312 e. The van der Waals surface area contributed by atoms with E-state index in [1.165, 1.54) is 9.80 Å². The second-order valence-electron chi connectivity index (χ2n) is 5.87. The summed E-state index contributed by atoms with van der Waals surface area (Å²) in [6.07, 6.45) is 0. The van der Waals surface area contributed by atoms with Crippen molar-refractivity contribution in [2.75, 3.05) is 26.3 Å². The Morgan fingerprint density at radius 2 is 1.00 bits per heavy atom. The highest BCUT2D eigenvalue weighted by Crippen LogP contribution is 2.09. The predicted molar refractivity (Wildman–Crippen MR) is 97.9 cm³/mol. The molecule has 6 heteroatoms. The molecule has 0 radical (unpaired) electrons. The summed E-state index contributed by atoms with van der Waals surface area (Å²) in [6, 6.07) is 18.6. The summed E-state index contributed by atoms with van der Waals surface area (Å²) in [5, 5.41) is 18.5. The van der Waals surface area contributed by atoms with Crippen LogP contribution < -0.4 is 0 Å². The number of hydrogen-bond donors (Lipinski definition) is 2. The normalized spacial score (nSPS) is 10.4. The van der Waals surface area contributed by atoms with Gasteiger partial charge in [0.2, 0.25) is 0 Å². The zero-order valence-electron chi connectivity index (χ0n) is 14.6. The van der Waals surface area contributed by atoms with Crippen molar-refractivity contribution in [3.63, 3.8) is 0 Å². The Bertz CT molecular complexity index is 630. The Kier molecular flexibility index (Phi) is 7.79. The molecule has 0 heterocycles. The number of rotatable bonds is 8. The molecule has 0 unspecified atom stereocenters. The van der Waals surface area contributed by atoms with E-state index < -0.39 is 11.8 Å². The molecular formula is C20H24N2O4. The van der Waals surface area contributed by atoms with Gasteiger partial charge in [0.25, 0.3) is 0 Å². The van der Waals surface area contributed by atoms with Gasteiger partial charge in [0.05, 0.1) is 13.2 Å². The van der Waals surface area contributed by atoms with E-state index in [0.717, 1.165) is 11.1 Å². The third kappa shape index (κ3) is 5.68. The molecule has 0 bridgehead atoms. The van der Waals surface area contributed by atoms with Gasteiger partial charge >= 0.3 is 11.8 Å². The maximum absolute atomic E-state index is 12.7. The number of carbonyl (C=O) groups excluding carboxylic acids is 2. The van der Waals surface area contributed by atoms with Gasteiger partial charge in [-0.25, -0.2) is 0 Å². The third-order valence-electron chi connectivity index (χ3n) is 3.93. The molecule has 26 heavy (non-hydrogen) atoms. The zero-order chi connectivity index (χ0) is 18.8. The van der Waals surface area contributed by atoms with Crippen molar-refractivity contribution in [1.82, 2.24) is 9.80 Å². The van der Waals surface area contributed by atoms with E-state index in [1.807, 2.05) is 60.7 Å². The molecule has 0 aliphatic heterocycles. The first kappa shape index (κ1) is 19.6. The van der Waals surface area contributed by atoms with Gasteiger partial charge in [-0.2, -0.15) is 0 Å². The van der Waals surface area contributed by atoms with Crippen molar-refractivity contribution in [3.8, 4) is 0 Å². The fourth-order valence-corrected chi connectivity index (χ4v) is 2.62. The molecule has 0 saturated carbocycles. The number of hydrogen-bond acceptors (Lipinski definition) is 4. The average molecular weight is 356 g/mol. The average Bonchev–Trinajstić information content (AvgIpc) is 2.68. The SMILES string of the molecule is O=C(C(=O)N(CCO)Cc1ccccc1)N(CCO)Cc1ccccc1. The van der Waals surface area contributed by atoms with Crippen molar-refractivity contribution in [3.05, 3.63) is 71.8 Å². The van der Waals surface area contributed by atoms with Gasteiger partial charge in [-0.15, -0.1) is 0 Å². The van der Waals surface area contributed by atoms with Crippen molar-refractivity contribution in [2.24, 2.45) is 0 Å². The van der Waals surface area contributed by atoms with Gasteiger partial charge < -0.3 is 20.0 Å². The molecule has 0 spiro atoms. The van der Waals surface area contributed by atoms with Crippen LogP contribution in [0.3, 0.4) is 0 Å². The first-order valence-electron chi connectivity index (χ1n) is 8.53. The lowest BCUT2D eigenvalue weighted by molar-refractivity contribution is -0.153. The first-order chi connectivity index (χ1) is 12.7. The molecule has 0 aliphatic carbocycles. The quantitative estimate of drug-likeness (QED) is 0.692. The topological polar surface area (TPSA) is 81.1 Å². The van der Waals surface area contributed by atoms with Crippen molar-refractivity contribution in [1.29, 1.82) is 0 Å². The molecule has 0 aliphatic rings. The summed E-state index contributed by atoms with van der Waals surface area (Å²) in [6.45, 7) is 0.152. The minimum atomic E-state index is -0.688. The van der Waals surface area contributed by atoms with Crippen molar-refractivity contribution in [2.45, 2.75) is 13.1 Å². The van der Waals surface area contributed by atoms with Crippen LogP contribution >= 0.6 is 0 Å². The maximum atomic E-state index is 12.7. The molecule has 0 saturated heterocycles. The van der Waals surface area contributed by atoms with Gasteiger partial charge in [0.15, 0.2) is 0 Å². The van der Waals surface area contributed by atoms with Crippen LogP contribution in [0.4, 0.5) is 0 Å². The van der Waals surface area contributed by atoms with E-state index in [-0.39, 0.29) is 39.4 Å². The summed E-state index contributed by atoms with van der Waals surface area (Å²) in [5.41, 5.74) is 1.75. The summed E-state index contributed by atoms with van der Waals surface area (Å²) in [5.74, 6) is -1.38. The van der Waals surface area contributed by atoms with Gasteiger partial charge in [0.1, 0.15) is 0 Å². The van der Waals surface area contributed by atoms with E-state index >= 15 is 0 Å². The number of benzene rings is 2. The van der Waals surface area contributed by atoms with E-state index in [0.29, 0.717) is 0 Å². The molecule has 2 N–H and O–H groups in total. The Labute approximate surface area is 153 Å². The lowest BCUT2D eigenvalue weighted by Crippen LogP contribution is -2.46. The van der Waals surface area contributed by atoms with Gasteiger partial charge in [-0.3, -0.25) is 9.59 Å². The van der Waals surface area contributed by atoms with Crippen LogP contribution in [0.2, 0.25) is 0 Å². The lowest BCUT2D eigenvalue weighted by Gasteiger charge is -2.26. The number of nitrogens with zero attached hydrogens (tertiary/aromatic N) is 2. The minimum Gasteiger partial charge on any atom is -0.395 e. The monoisotopic (exact) mass is 356 g/mol. The van der Waals surface area contributed by atoms with E-state index in [4.69, 9.17) is 0 Å². The third-order valence-corrected chi connectivity index (χ3v) is 3.93. The zero-order valence-corrected chi connectivity index (χ0v) is 14.6. The lowest BCUT2D eigenvalue weighted by atomic mass is 10.2. The van der Waals surface area contributed by atoms with Crippen LogP contribution in [0.25, 0.3) is 0 Å². The number of carbonyl (C=O) groups is 2. The molecule has 2 amide bonds. The highest BCUT2D eigenvalue weighted by Gasteiger charge is 2.26. The van der Waals surface area contributed by atoms with Gasteiger partial charge in [-0.05, 0) is 11.1 Å². The Hall–Kier alpha value is -2.70. The van der Waals surface area contributed by atoms with E-state index in [2.05, 4.69) is 0 Å². The van der Waals surface area contributed by atoms with Crippen molar-refractivity contribution >= 4 is 11.8 Å². The second-order valence-corrected chi connectivity index (χ2v) is 5.87. The van der Waals surface area contributed by atoms with Crippen LogP contribution in [0.1, 0.15) is 11.1 Å². The highest BCUT2D eigenvalue weighted by atomic mass is 16.3. The van der Waals surface area contributed by atoms with Gasteiger partial charge in [-0.1, -0.05) is 60.7 Å². The molecule has 6 nitrogen and oxygen atoms in total. The number of amides is 2. The molecule has 2 aromatic carbocycles. The van der Waals surface area contributed by atoms with Crippen LogP contribution in [0, 0.1) is 0 Å². The minimum absolute atomic E-state index is 0.0672. The second kappa shape index (κ2) is 10.3. The summed E-state index contributed by atoms with van der Waals surface area (Å²) < 4.78 is 0. The Morgan fingerprint density at radius 1 is 0.654 bits per heavy atom. The molecule has 0 aromatic heterocycles.